The predicted octanol–water partition coefficient (Wildman–Crippen LogP) is 0.958. The summed E-state index contributed by atoms with van der Waals surface area (Å²) in [5.74, 6) is -1.76. The maximum Gasteiger partial charge on any atom is 0.304 e. The Bertz CT molecular complexity index is 418. The molecule has 3 atom stereocenters. The largest absolute Gasteiger partial charge is 0.481 e. The van der Waals surface area contributed by atoms with Gasteiger partial charge in [0.15, 0.2) is 9.84 Å². The Morgan fingerprint density at radius 1 is 1.21 bits per heavy atom. The average Bonchev–Trinajstić information content (AvgIpc) is 2.26. The van der Waals surface area contributed by atoms with Crippen molar-refractivity contribution in [3.8, 4) is 0 Å². The third-order valence-corrected chi connectivity index (χ3v) is 5.48. The van der Waals surface area contributed by atoms with Crippen LogP contribution in [0, 0.1) is 0 Å². The number of carboxylic acid groups (broad SMARTS) is 1. The van der Waals surface area contributed by atoms with Gasteiger partial charge in [0, 0.05) is 6.04 Å². The molecule has 0 aromatic heterocycles. The molecule has 19 heavy (non-hydrogen) atoms. The van der Waals surface area contributed by atoms with E-state index in [0.717, 1.165) is 12.8 Å². The van der Waals surface area contributed by atoms with Crippen LogP contribution < -0.4 is 5.32 Å². The van der Waals surface area contributed by atoms with Crippen molar-refractivity contribution in [1.82, 2.24) is 5.32 Å². The minimum atomic E-state index is -3.79. The third kappa shape index (κ3) is 5.59. The first-order valence-electron chi connectivity index (χ1n) is 6.37. The summed E-state index contributed by atoms with van der Waals surface area (Å²) in [5, 5.41) is 8.94. The van der Waals surface area contributed by atoms with Gasteiger partial charge >= 0.3 is 5.97 Å². The fraction of sp³-hybridized carbons (Fsp3) is 0.833. The first kappa shape index (κ1) is 17.9. The van der Waals surface area contributed by atoms with Crippen LogP contribution >= 0.6 is 0 Å². The Morgan fingerprint density at radius 3 is 2.16 bits per heavy atom. The normalized spacial score (nSPS) is 16.4. The van der Waals surface area contributed by atoms with E-state index < -0.39 is 38.6 Å². The summed E-state index contributed by atoms with van der Waals surface area (Å²) in [4.78, 5) is 22.4. The Hall–Kier alpha value is -1.11. The van der Waals surface area contributed by atoms with Crippen molar-refractivity contribution in [3.05, 3.63) is 0 Å². The fourth-order valence-corrected chi connectivity index (χ4v) is 3.16. The minimum absolute atomic E-state index is 0.0927. The number of amides is 1. The quantitative estimate of drug-likeness (QED) is 0.694. The molecule has 0 radical (unpaired) electrons. The zero-order chi connectivity index (χ0) is 15.2. The highest BCUT2D eigenvalue weighted by Gasteiger charge is 2.34. The maximum absolute atomic E-state index is 12.0. The number of carbonyl (C=O) groups is 2. The maximum atomic E-state index is 12.0. The van der Waals surface area contributed by atoms with Gasteiger partial charge in [-0.1, -0.05) is 13.3 Å². The number of aliphatic carboxylic acids is 1. The summed E-state index contributed by atoms with van der Waals surface area (Å²) in [6.45, 7) is 6.38. The van der Waals surface area contributed by atoms with Crippen molar-refractivity contribution in [2.75, 3.05) is 0 Å². The molecular formula is C12H23NO5S. The number of carboxylic acids is 1. The number of carbonyl (C=O) groups excluding carboxylic acids is 1. The number of nitrogens with one attached hydrogen (secondary N) is 1. The van der Waals surface area contributed by atoms with Gasteiger partial charge in [-0.25, -0.2) is 8.42 Å². The summed E-state index contributed by atoms with van der Waals surface area (Å²) in [6, 6.07) is -0.0927. The molecule has 0 spiro atoms. The van der Waals surface area contributed by atoms with E-state index in [9.17, 15) is 18.0 Å². The van der Waals surface area contributed by atoms with Crippen LogP contribution in [0.4, 0.5) is 0 Å². The second-order valence-corrected chi connectivity index (χ2v) is 7.53. The first-order valence-corrected chi connectivity index (χ1v) is 7.98. The molecular weight excluding hydrogens is 270 g/mol. The van der Waals surface area contributed by atoms with Gasteiger partial charge in [0.05, 0.1) is 11.7 Å². The van der Waals surface area contributed by atoms with Crippen molar-refractivity contribution in [3.63, 3.8) is 0 Å². The summed E-state index contributed by atoms with van der Waals surface area (Å²) in [5.41, 5.74) is 0. The molecule has 0 saturated heterocycles. The number of hydrogen-bond donors (Lipinski definition) is 2. The molecule has 0 aliphatic carbocycles. The molecule has 1 amide bonds. The van der Waals surface area contributed by atoms with E-state index in [0.29, 0.717) is 0 Å². The monoisotopic (exact) mass is 293 g/mol. The Morgan fingerprint density at radius 2 is 1.74 bits per heavy atom. The van der Waals surface area contributed by atoms with Crippen LogP contribution in [0.2, 0.25) is 0 Å². The molecule has 0 aromatic rings. The zero-order valence-electron chi connectivity index (χ0n) is 11.8. The highest BCUT2D eigenvalue weighted by atomic mass is 32.2. The molecule has 0 aromatic carbocycles. The highest BCUT2D eigenvalue weighted by molar-refractivity contribution is 7.93. The van der Waals surface area contributed by atoms with E-state index in [-0.39, 0.29) is 6.04 Å². The molecule has 0 fully saturated rings. The smallest absolute Gasteiger partial charge is 0.304 e. The topological polar surface area (TPSA) is 101 Å². The molecule has 7 heteroatoms. The number of sulfone groups is 1. The summed E-state index contributed by atoms with van der Waals surface area (Å²) >= 11 is 0. The van der Waals surface area contributed by atoms with Gasteiger partial charge in [-0.3, -0.25) is 9.59 Å². The van der Waals surface area contributed by atoms with Crippen LogP contribution in [0.1, 0.15) is 47.0 Å². The summed E-state index contributed by atoms with van der Waals surface area (Å²) < 4.78 is 24.0. The Labute approximate surface area is 114 Å². The summed E-state index contributed by atoms with van der Waals surface area (Å²) in [7, 11) is -3.79. The molecule has 0 bridgehead atoms. The average molecular weight is 293 g/mol. The third-order valence-electron chi connectivity index (χ3n) is 3.00. The predicted molar refractivity (Wildman–Crippen MR) is 72.6 cm³/mol. The van der Waals surface area contributed by atoms with E-state index in [4.69, 9.17) is 5.11 Å². The molecule has 6 nitrogen and oxygen atoms in total. The van der Waals surface area contributed by atoms with Crippen molar-refractivity contribution in [2.45, 2.75) is 63.5 Å². The molecule has 0 aliphatic rings. The Balaban J connectivity index is 4.74. The molecule has 0 saturated carbocycles. The lowest BCUT2D eigenvalue weighted by Gasteiger charge is -2.20. The van der Waals surface area contributed by atoms with Gasteiger partial charge in [-0.15, -0.1) is 0 Å². The SMILES string of the molecule is CCCC(C)NC(=O)C(C)S(=O)(=O)C(C)CC(=O)O. The number of rotatable bonds is 8. The van der Waals surface area contributed by atoms with Crippen molar-refractivity contribution < 1.29 is 23.1 Å². The molecule has 0 aliphatic heterocycles. The zero-order valence-corrected chi connectivity index (χ0v) is 12.7. The standard InChI is InChI=1S/C12H23NO5S/c1-5-6-8(2)13-12(16)10(4)19(17,18)9(3)7-11(14)15/h8-10H,5-7H2,1-4H3,(H,13,16)(H,14,15). The van der Waals surface area contributed by atoms with E-state index in [1.54, 1.807) is 6.92 Å². The summed E-state index contributed by atoms with van der Waals surface area (Å²) in [6.07, 6.45) is 1.16. The molecule has 112 valence electrons. The lowest BCUT2D eigenvalue weighted by atomic mass is 10.2. The van der Waals surface area contributed by atoms with Crippen LogP contribution in [0.5, 0.6) is 0 Å². The molecule has 3 unspecified atom stereocenters. The van der Waals surface area contributed by atoms with E-state index in [1.165, 1.54) is 13.8 Å². The Kier molecular flexibility index (Phi) is 7.04. The second-order valence-electron chi connectivity index (χ2n) is 4.84. The lowest BCUT2D eigenvalue weighted by Crippen LogP contribution is -2.44. The van der Waals surface area contributed by atoms with Gasteiger partial charge in [0.25, 0.3) is 0 Å². The van der Waals surface area contributed by atoms with Crippen LogP contribution in [0.15, 0.2) is 0 Å². The van der Waals surface area contributed by atoms with Gasteiger partial charge in [-0.2, -0.15) is 0 Å². The van der Waals surface area contributed by atoms with Crippen molar-refractivity contribution in [2.24, 2.45) is 0 Å². The minimum Gasteiger partial charge on any atom is -0.481 e. The van der Waals surface area contributed by atoms with Crippen LogP contribution in [-0.4, -0.2) is 41.9 Å². The molecule has 2 N–H and O–H groups in total. The van der Waals surface area contributed by atoms with Crippen molar-refractivity contribution >= 4 is 21.7 Å². The van der Waals surface area contributed by atoms with Crippen LogP contribution in [-0.2, 0) is 19.4 Å². The lowest BCUT2D eigenvalue weighted by molar-refractivity contribution is -0.137. The first-order chi connectivity index (χ1) is 8.62. The molecule has 0 heterocycles. The fourth-order valence-electron chi connectivity index (χ4n) is 1.73. The molecule has 0 rings (SSSR count). The highest BCUT2D eigenvalue weighted by Crippen LogP contribution is 2.13. The van der Waals surface area contributed by atoms with Gasteiger partial charge in [0.1, 0.15) is 5.25 Å². The van der Waals surface area contributed by atoms with Gasteiger partial charge in [-0.05, 0) is 27.2 Å². The second kappa shape index (κ2) is 7.47. The van der Waals surface area contributed by atoms with E-state index in [2.05, 4.69) is 5.32 Å². The van der Waals surface area contributed by atoms with Crippen LogP contribution in [0.3, 0.4) is 0 Å². The van der Waals surface area contributed by atoms with Crippen LogP contribution in [0.25, 0.3) is 0 Å². The van der Waals surface area contributed by atoms with Gasteiger partial charge in [0.2, 0.25) is 5.91 Å². The number of hydrogen-bond acceptors (Lipinski definition) is 4. The van der Waals surface area contributed by atoms with E-state index >= 15 is 0 Å². The van der Waals surface area contributed by atoms with Crippen molar-refractivity contribution in [1.29, 1.82) is 0 Å². The van der Waals surface area contributed by atoms with E-state index in [1.807, 2.05) is 6.92 Å². The van der Waals surface area contributed by atoms with Gasteiger partial charge < -0.3 is 10.4 Å².